The molecule has 2 aromatic carbocycles. The molecular formula is C20H25N3O3. The van der Waals surface area contributed by atoms with Gasteiger partial charge in [0.2, 0.25) is 5.91 Å². The number of carbonyl (C=O) groups is 2. The molecule has 0 saturated carbocycles. The number of amides is 3. The third-order valence-electron chi connectivity index (χ3n) is 3.93. The Morgan fingerprint density at radius 3 is 2.54 bits per heavy atom. The van der Waals surface area contributed by atoms with E-state index in [4.69, 9.17) is 4.74 Å². The summed E-state index contributed by atoms with van der Waals surface area (Å²) in [6.45, 7) is 6.51. The van der Waals surface area contributed by atoms with Gasteiger partial charge in [-0.2, -0.15) is 0 Å². The molecule has 0 atom stereocenters. The Labute approximate surface area is 153 Å². The average molecular weight is 355 g/mol. The lowest BCUT2D eigenvalue weighted by Gasteiger charge is -2.11. The van der Waals surface area contributed by atoms with Crippen LogP contribution in [0.5, 0.6) is 5.75 Å². The van der Waals surface area contributed by atoms with Gasteiger partial charge in [0.05, 0.1) is 13.1 Å². The third-order valence-corrected chi connectivity index (χ3v) is 3.93. The molecule has 2 rings (SSSR count). The molecular weight excluding hydrogens is 330 g/mol. The van der Waals surface area contributed by atoms with Crippen LogP contribution in [0.1, 0.15) is 16.7 Å². The maximum Gasteiger partial charge on any atom is 0.315 e. The van der Waals surface area contributed by atoms with E-state index in [1.165, 1.54) is 0 Å². The molecule has 0 aromatic heterocycles. The standard InChI is InChI=1S/C20H25N3O3/c1-14-6-4-8-17(12-14)26-11-10-21-20(25)22-13-19(24)23-18-9-5-7-15(2)16(18)3/h4-9,12H,10-11,13H2,1-3H3,(H,23,24)(H2,21,22,25). The number of rotatable bonds is 7. The Morgan fingerprint density at radius 1 is 1.00 bits per heavy atom. The fourth-order valence-corrected chi connectivity index (χ4v) is 2.34. The Bertz CT molecular complexity index is 775. The van der Waals surface area contributed by atoms with Gasteiger partial charge in [-0.05, 0) is 55.7 Å². The molecule has 0 fully saturated rings. The van der Waals surface area contributed by atoms with Gasteiger partial charge in [-0.3, -0.25) is 4.79 Å². The molecule has 6 nitrogen and oxygen atoms in total. The number of urea groups is 1. The number of hydrogen-bond donors (Lipinski definition) is 3. The van der Waals surface area contributed by atoms with E-state index < -0.39 is 6.03 Å². The van der Waals surface area contributed by atoms with Gasteiger partial charge in [-0.25, -0.2) is 4.79 Å². The molecule has 0 bridgehead atoms. The van der Waals surface area contributed by atoms with Gasteiger partial charge in [-0.15, -0.1) is 0 Å². The first-order valence-corrected chi connectivity index (χ1v) is 8.53. The topological polar surface area (TPSA) is 79.5 Å². The summed E-state index contributed by atoms with van der Waals surface area (Å²) in [5.41, 5.74) is 3.98. The van der Waals surface area contributed by atoms with Crippen molar-refractivity contribution < 1.29 is 14.3 Å². The predicted octanol–water partition coefficient (Wildman–Crippen LogP) is 2.93. The molecule has 0 saturated heterocycles. The molecule has 3 N–H and O–H groups in total. The van der Waals surface area contributed by atoms with Crippen molar-refractivity contribution in [1.29, 1.82) is 0 Å². The number of hydrogen-bond acceptors (Lipinski definition) is 3. The van der Waals surface area contributed by atoms with Crippen molar-refractivity contribution in [1.82, 2.24) is 10.6 Å². The highest BCUT2D eigenvalue weighted by Gasteiger charge is 2.07. The van der Waals surface area contributed by atoms with Gasteiger partial charge in [0, 0.05) is 5.69 Å². The van der Waals surface area contributed by atoms with Crippen LogP contribution >= 0.6 is 0 Å². The van der Waals surface area contributed by atoms with Crippen LogP contribution in [0.25, 0.3) is 0 Å². The van der Waals surface area contributed by atoms with Crippen LogP contribution < -0.4 is 20.7 Å². The maximum atomic E-state index is 11.9. The molecule has 0 spiro atoms. The van der Waals surface area contributed by atoms with Crippen LogP contribution in [-0.4, -0.2) is 31.6 Å². The summed E-state index contributed by atoms with van der Waals surface area (Å²) in [6, 6.07) is 13.0. The van der Waals surface area contributed by atoms with Crippen LogP contribution in [0.2, 0.25) is 0 Å². The van der Waals surface area contributed by atoms with E-state index in [0.29, 0.717) is 13.2 Å². The van der Waals surface area contributed by atoms with Gasteiger partial charge >= 0.3 is 6.03 Å². The number of benzene rings is 2. The molecule has 0 aliphatic heterocycles. The molecule has 0 aliphatic rings. The van der Waals surface area contributed by atoms with Crippen LogP contribution in [0.15, 0.2) is 42.5 Å². The van der Waals surface area contributed by atoms with Gasteiger partial charge in [-0.1, -0.05) is 24.3 Å². The monoisotopic (exact) mass is 355 g/mol. The SMILES string of the molecule is Cc1cccc(OCCNC(=O)NCC(=O)Nc2cccc(C)c2C)c1. The summed E-state index contributed by atoms with van der Waals surface area (Å²) in [4.78, 5) is 23.7. The second-order valence-corrected chi connectivity index (χ2v) is 6.07. The summed E-state index contributed by atoms with van der Waals surface area (Å²) in [5.74, 6) is 0.491. The Kier molecular flexibility index (Phi) is 7.02. The number of aryl methyl sites for hydroxylation is 2. The largest absolute Gasteiger partial charge is 0.492 e. The zero-order valence-corrected chi connectivity index (χ0v) is 15.4. The van der Waals surface area contributed by atoms with Crippen molar-refractivity contribution in [2.75, 3.05) is 25.0 Å². The fourth-order valence-electron chi connectivity index (χ4n) is 2.34. The Morgan fingerprint density at radius 2 is 1.77 bits per heavy atom. The maximum absolute atomic E-state index is 11.9. The third kappa shape index (κ3) is 6.12. The molecule has 6 heteroatoms. The van der Waals surface area contributed by atoms with Crippen LogP contribution in [-0.2, 0) is 4.79 Å². The lowest BCUT2D eigenvalue weighted by molar-refractivity contribution is -0.115. The molecule has 2 aromatic rings. The van der Waals surface area contributed by atoms with E-state index in [0.717, 1.165) is 28.1 Å². The highest BCUT2D eigenvalue weighted by Crippen LogP contribution is 2.17. The van der Waals surface area contributed by atoms with Crippen molar-refractivity contribution in [3.8, 4) is 5.75 Å². The Balaban J connectivity index is 1.65. The molecule has 138 valence electrons. The molecule has 26 heavy (non-hydrogen) atoms. The van der Waals surface area contributed by atoms with E-state index in [1.54, 1.807) is 0 Å². The number of carbonyl (C=O) groups excluding carboxylic acids is 2. The summed E-state index contributed by atoms with van der Waals surface area (Å²) in [7, 11) is 0. The quantitative estimate of drug-likeness (QED) is 0.668. The van der Waals surface area contributed by atoms with Crippen molar-refractivity contribution in [3.63, 3.8) is 0 Å². The summed E-state index contributed by atoms with van der Waals surface area (Å²) in [5, 5.41) is 7.97. The zero-order chi connectivity index (χ0) is 18.9. The average Bonchev–Trinajstić information content (AvgIpc) is 2.61. The van der Waals surface area contributed by atoms with E-state index in [2.05, 4.69) is 16.0 Å². The van der Waals surface area contributed by atoms with Crippen LogP contribution in [0, 0.1) is 20.8 Å². The predicted molar refractivity (Wildman–Crippen MR) is 103 cm³/mol. The zero-order valence-electron chi connectivity index (χ0n) is 15.4. The summed E-state index contributed by atoms with van der Waals surface area (Å²) >= 11 is 0. The minimum absolute atomic E-state index is 0.0993. The molecule has 3 amide bonds. The highest BCUT2D eigenvalue weighted by atomic mass is 16.5. The second-order valence-electron chi connectivity index (χ2n) is 6.07. The van der Waals surface area contributed by atoms with Crippen LogP contribution in [0.3, 0.4) is 0 Å². The normalized spacial score (nSPS) is 10.1. The van der Waals surface area contributed by atoms with Crippen molar-refractivity contribution >= 4 is 17.6 Å². The van der Waals surface area contributed by atoms with Gasteiger partial charge < -0.3 is 20.7 Å². The lowest BCUT2D eigenvalue weighted by atomic mass is 10.1. The van der Waals surface area contributed by atoms with Gasteiger partial charge in [0.25, 0.3) is 0 Å². The van der Waals surface area contributed by atoms with Crippen molar-refractivity contribution in [2.24, 2.45) is 0 Å². The molecule has 0 radical (unpaired) electrons. The summed E-state index contributed by atoms with van der Waals surface area (Å²) < 4.78 is 5.54. The van der Waals surface area contributed by atoms with E-state index in [1.807, 2.05) is 63.2 Å². The minimum atomic E-state index is -0.408. The molecule has 0 aliphatic carbocycles. The van der Waals surface area contributed by atoms with Crippen molar-refractivity contribution in [3.05, 3.63) is 59.2 Å². The highest BCUT2D eigenvalue weighted by molar-refractivity contribution is 5.95. The van der Waals surface area contributed by atoms with E-state index in [9.17, 15) is 9.59 Å². The van der Waals surface area contributed by atoms with Crippen LogP contribution in [0.4, 0.5) is 10.5 Å². The Hall–Kier alpha value is -3.02. The van der Waals surface area contributed by atoms with E-state index in [-0.39, 0.29) is 12.5 Å². The first kappa shape index (κ1) is 19.3. The lowest BCUT2D eigenvalue weighted by Crippen LogP contribution is -2.41. The van der Waals surface area contributed by atoms with Gasteiger partial charge in [0.1, 0.15) is 12.4 Å². The molecule has 0 heterocycles. The van der Waals surface area contributed by atoms with Crippen molar-refractivity contribution in [2.45, 2.75) is 20.8 Å². The first-order valence-electron chi connectivity index (χ1n) is 8.53. The smallest absolute Gasteiger partial charge is 0.315 e. The summed E-state index contributed by atoms with van der Waals surface area (Å²) in [6.07, 6.45) is 0. The second kappa shape index (κ2) is 9.46. The van der Waals surface area contributed by atoms with E-state index >= 15 is 0 Å². The number of ether oxygens (including phenoxy) is 1. The van der Waals surface area contributed by atoms with Gasteiger partial charge in [0.15, 0.2) is 0 Å². The fraction of sp³-hybridized carbons (Fsp3) is 0.300. The number of nitrogens with one attached hydrogen (secondary N) is 3. The molecule has 0 unspecified atom stereocenters. The first-order chi connectivity index (χ1) is 12.5. The minimum Gasteiger partial charge on any atom is -0.492 e. The number of anilines is 1.